The molecule has 0 N–H and O–H groups in total. The highest BCUT2D eigenvalue weighted by Gasteiger charge is 2.11. The molecule has 0 aromatic heterocycles. The molecule has 1 fully saturated rings. The monoisotopic (exact) mass is 329 g/mol. The number of hydrogen-bond donors (Lipinski definition) is 0. The Bertz CT molecular complexity index is 341. The molecule has 1 nitrogen and oxygen atoms in total. The molecule has 0 bridgehead atoms. The van der Waals surface area contributed by atoms with Gasteiger partial charge in [0.05, 0.1) is 0 Å². The van der Waals surface area contributed by atoms with Gasteiger partial charge in [0.15, 0.2) is 0 Å². The Morgan fingerprint density at radius 2 is 1.81 bits per heavy atom. The summed E-state index contributed by atoms with van der Waals surface area (Å²) in [6.45, 7) is 5.90. The Hall–Kier alpha value is -0.0900. The van der Waals surface area contributed by atoms with Crippen molar-refractivity contribution in [2.45, 2.75) is 39.2 Å². The van der Waals surface area contributed by atoms with Crippen LogP contribution in [0, 0.1) is 10.5 Å². The van der Waals surface area contributed by atoms with Gasteiger partial charge < -0.3 is 0 Å². The highest BCUT2D eigenvalue weighted by molar-refractivity contribution is 14.1. The van der Waals surface area contributed by atoms with E-state index in [1.807, 2.05) is 0 Å². The van der Waals surface area contributed by atoms with Crippen LogP contribution in [0.3, 0.4) is 0 Å². The number of likely N-dealkylation sites (tertiary alicyclic amines) is 1. The predicted octanol–water partition coefficient (Wildman–Crippen LogP) is 3.98. The summed E-state index contributed by atoms with van der Waals surface area (Å²) in [5.41, 5.74) is 2.91. The smallest absolute Gasteiger partial charge is 0.0244 e. The van der Waals surface area contributed by atoms with Gasteiger partial charge in [-0.25, -0.2) is 0 Å². The third-order valence-electron chi connectivity index (χ3n) is 3.36. The van der Waals surface area contributed by atoms with Crippen LogP contribution in [0.5, 0.6) is 0 Å². The average molecular weight is 329 g/mol. The van der Waals surface area contributed by atoms with Gasteiger partial charge in [0.1, 0.15) is 0 Å². The van der Waals surface area contributed by atoms with Crippen LogP contribution < -0.4 is 0 Å². The van der Waals surface area contributed by atoms with Gasteiger partial charge >= 0.3 is 0 Å². The zero-order valence-electron chi connectivity index (χ0n) is 10.0. The van der Waals surface area contributed by atoms with Crippen molar-refractivity contribution in [1.29, 1.82) is 0 Å². The fourth-order valence-electron chi connectivity index (χ4n) is 2.37. The van der Waals surface area contributed by atoms with E-state index in [1.165, 1.54) is 53.5 Å². The van der Waals surface area contributed by atoms with Crippen LogP contribution in [0.15, 0.2) is 18.2 Å². The number of nitrogens with zero attached hydrogens (tertiary/aromatic N) is 1. The molecule has 2 rings (SSSR count). The molecule has 1 aliphatic heterocycles. The molecule has 1 aliphatic rings. The molecule has 2 heteroatoms. The number of aryl methyl sites for hydroxylation is 1. The minimum Gasteiger partial charge on any atom is -0.299 e. The van der Waals surface area contributed by atoms with E-state index in [2.05, 4.69) is 52.6 Å². The summed E-state index contributed by atoms with van der Waals surface area (Å²) in [5.74, 6) is 0. The van der Waals surface area contributed by atoms with Crippen molar-refractivity contribution in [2.75, 3.05) is 13.1 Å². The van der Waals surface area contributed by atoms with Crippen LogP contribution >= 0.6 is 22.6 Å². The molecule has 88 valence electrons. The number of hydrogen-bond acceptors (Lipinski definition) is 1. The van der Waals surface area contributed by atoms with E-state index in [4.69, 9.17) is 0 Å². The average Bonchev–Trinajstić information content (AvgIpc) is 2.53. The van der Waals surface area contributed by atoms with Crippen molar-refractivity contribution in [3.8, 4) is 0 Å². The van der Waals surface area contributed by atoms with Crippen molar-refractivity contribution < 1.29 is 0 Å². The molecule has 1 aromatic rings. The van der Waals surface area contributed by atoms with Gasteiger partial charge in [-0.1, -0.05) is 31.0 Å². The number of benzene rings is 1. The van der Waals surface area contributed by atoms with E-state index in [1.54, 1.807) is 0 Å². The molecule has 1 heterocycles. The first-order valence-corrected chi connectivity index (χ1v) is 7.31. The lowest BCUT2D eigenvalue weighted by molar-refractivity contribution is 0.276. The lowest BCUT2D eigenvalue weighted by atomic mass is 10.1. The summed E-state index contributed by atoms with van der Waals surface area (Å²) in [7, 11) is 0. The molecular weight excluding hydrogens is 309 g/mol. The highest BCUT2D eigenvalue weighted by Crippen LogP contribution is 2.20. The Labute approximate surface area is 112 Å². The van der Waals surface area contributed by atoms with Crippen molar-refractivity contribution in [3.05, 3.63) is 32.9 Å². The maximum absolute atomic E-state index is 2.62. The Morgan fingerprint density at radius 1 is 1.12 bits per heavy atom. The summed E-state index contributed by atoms with van der Waals surface area (Å²) in [4.78, 5) is 2.62. The standard InChI is InChI=1S/C14H20IN/c1-12-7-6-8-13(14(12)15)11-16-9-4-2-3-5-10-16/h6-8H,2-5,9-11H2,1H3. The van der Waals surface area contributed by atoms with Crippen molar-refractivity contribution in [3.63, 3.8) is 0 Å². The SMILES string of the molecule is Cc1cccc(CN2CCCCCC2)c1I. The molecule has 0 radical (unpaired) electrons. The molecule has 0 amide bonds. The van der Waals surface area contributed by atoms with Crippen LogP contribution in [0.2, 0.25) is 0 Å². The van der Waals surface area contributed by atoms with E-state index >= 15 is 0 Å². The summed E-state index contributed by atoms with van der Waals surface area (Å²) >= 11 is 2.48. The fourth-order valence-corrected chi connectivity index (χ4v) is 2.90. The zero-order valence-corrected chi connectivity index (χ0v) is 12.2. The third kappa shape index (κ3) is 3.20. The molecule has 1 saturated heterocycles. The van der Waals surface area contributed by atoms with E-state index in [0.717, 1.165) is 6.54 Å². The molecule has 0 saturated carbocycles. The van der Waals surface area contributed by atoms with E-state index in [0.29, 0.717) is 0 Å². The molecule has 1 aromatic carbocycles. The quantitative estimate of drug-likeness (QED) is 0.742. The van der Waals surface area contributed by atoms with Crippen LogP contribution in [-0.4, -0.2) is 18.0 Å². The van der Waals surface area contributed by atoms with E-state index < -0.39 is 0 Å². The molecule has 0 atom stereocenters. The Kier molecular flexibility index (Phi) is 4.65. The summed E-state index contributed by atoms with van der Waals surface area (Å²) < 4.78 is 1.45. The van der Waals surface area contributed by atoms with Crippen molar-refractivity contribution >= 4 is 22.6 Å². The first kappa shape index (κ1) is 12.4. The third-order valence-corrected chi connectivity index (χ3v) is 4.91. The first-order chi connectivity index (χ1) is 7.77. The maximum Gasteiger partial charge on any atom is 0.0244 e. The Morgan fingerprint density at radius 3 is 2.50 bits per heavy atom. The second-order valence-electron chi connectivity index (χ2n) is 4.74. The molecule has 16 heavy (non-hydrogen) atoms. The fraction of sp³-hybridized carbons (Fsp3) is 0.571. The summed E-state index contributed by atoms with van der Waals surface area (Å²) in [6, 6.07) is 6.66. The number of rotatable bonds is 2. The highest BCUT2D eigenvalue weighted by atomic mass is 127. The van der Waals surface area contributed by atoms with Gasteiger partial charge in [-0.05, 0) is 66.6 Å². The second kappa shape index (κ2) is 6.01. The minimum atomic E-state index is 1.14. The first-order valence-electron chi connectivity index (χ1n) is 6.24. The lowest BCUT2D eigenvalue weighted by Crippen LogP contribution is -2.24. The van der Waals surface area contributed by atoms with E-state index in [9.17, 15) is 0 Å². The van der Waals surface area contributed by atoms with Gasteiger partial charge in [0, 0.05) is 10.1 Å². The molecule has 0 aliphatic carbocycles. The van der Waals surface area contributed by atoms with Crippen LogP contribution in [0.4, 0.5) is 0 Å². The summed E-state index contributed by atoms with van der Waals surface area (Å²) in [5, 5.41) is 0. The van der Waals surface area contributed by atoms with Crippen LogP contribution in [-0.2, 0) is 6.54 Å². The van der Waals surface area contributed by atoms with Gasteiger partial charge in [0.2, 0.25) is 0 Å². The van der Waals surface area contributed by atoms with Gasteiger partial charge in [0.25, 0.3) is 0 Å². The normalized spacial score (nSPS) is 18.4. The second-order valence-corrected chi connectivity index (χ2v) is 5.82. The van der Waals surface area contributed by atoms with E-state index in [-0.39, 0.29) is 0 Å². The molecular formula is C14H20IN. The maximum atomic E-state index is 2.62. The summed E-state index contributed by atoms with van der Waals surface area (Å²) in [6.07, 6.45) is 5.59. The van der Waals surface area contributed by atoms with Crippen LogP contribution in [0.1, 0.15) is 36.8 Å². The van der Waals surface area contributed by atoms with Gasteiger partial charge in [-0.2, -0.15) is 0 Å². The predicted molar refractivity (Wildman–Crippen MR) is 77.6 cm³/mol. The van der Waals surface area contributed by atoms with Crippen molar-refractivity contribution in [2.24, 2.45) is 0 Å². The molecule has 0 spiro atoms. The minimum absolute atomic E-state index is 1.14. The number of halogens is 1. The van der Waals surface area contributed by atoms with Crippen LogP contribution in [0.25, 0.3) is 0 Å². The van der Waals surface area contributed by atoms with Crippen molar-refractivity contribution in [1.82, 2.24) is 4.90 Å². The largest absolute Gasteiger partial charge is 0.299 e. The van der Waals surface area contributed by atoms with Gasteiger partial charge in [-0.3, -0.25) is 4.90 Å². The Balaban J connectivity index is 2.04. The van der Waals surface area contributed by atoms with Gasteiger partial charge in [-0.15, -0.1) is 0 Å². The topological polar surface area (TPSA) is 3.24 Å². The molecule has 0 unspecified atom stereocenters. The zero-order chi connectivity index (χ0) is 11.4. The lowest BCUT2D eigenvalue weighted by Gasteiger charge is -2.20.